The van der Waals surface area contributed by atoms with Crippen molar-refractivity contribution < 1.29 is 14.3 Å². The van der Waals surface area contributed by atoms with Crippen LogP contribution in [0.1, 0.15) is 0 Å². The summed E-state index contributed by atoms with van der Waals surface area (Å²) in [6.45, 7) is 0. The van der Waals surface area contributed by atoms with E-state index in [2.05, 4.69) is 5.43 Å². The molecule has 3 N–H and O–H groups in total. The van der Waals surface area contributed by atoms with Crippen molar-refractivity contribution in [2.75, 3.05) is 12.1 Å². The van der Waals surface area contributed by atoms with Crippen LogP contribution in [0.5, 0.6) is 5.75 Å². The van der Waals surface area contributed by atoms with Gasteiger partial charge in [-0.05, 0) is 24.3 Å². The zero-order valence-electron chi connectivity index (χ0n) is 8.64. The number of carbonyl (C=O) groups is 2. The Bertz CT molecular complexity index is 429. The van der Waals surface area contributed by atoms with Crippen LogP contribution < -0.4 is 20.9 Å². The van der Waals surface area contributed by atoms with E-state index in [4.69, 9.17) is 10.5 Å². The number of ether oxygens (including phenoxy) is 1. The molecule has 0 aliphatic carbocycles. The highest BCUT2D eigenvalue weighted by molar-refractivity contribution is 6.17. The van der Waals surface area contributed by atoms with Crippen LogP contribution in [0.3, 0.4) is 0 Å². The maximum Gasteiger partial charge on any atom is 0.272 e. The van der Waals surface area contributed by atoms with Gasteiger partial charge in [-0.15, -0.1) is 0 Å². The number of carbonyl (C=O) groups excluding carboxylic acids is 2. The molecule has 2 amide bonds. The summed E-state index contributed by atoms with van der Waals surface area (Å²) < 4.78 is 4.99. The highest BCUT2D eigenvalue weighted by Gasteiger charge is 2.37. The molecule has 1 fully saturated rings. The van der Waals surface area contributed by atoms with Crippen molar-refractivity contribution in [3.8, 4) is 5.75 Å². The third-order valence-corrected chi connectivity index (χ3v) is 2.32. The van der Waals surface area contributed by atoms with Gasteiger partial charge in [0.05, 0.1) is 12.8 Å². The predicted octanol–water partition coefficient (Wildman–Crippen LogP) is -0.600. The Balaban J connectivity index is 2.25. The van der Waals surface area contributed by atoms with E-state index in [0.717, 1.165) is 5.01 Å². The van der Waals surface area contributed by atoms with E-state index in [0.29, 0.717) is 11.4 Å². The van der Waals surface area contributed by atoms with E-state index < -0.39 is 17.9 Å². The van der Waals surface area contributed by atoms with Crippen molar-refractivity contribution in [3.05, 3.63) is 24.3 Å². The molecule has 1 atom stereocenters. The molecule has 1 aromatic carbocycles. The summed E-state index contributed by atoms with van der Waals surface area (Å²) in [5.41, 5.74) is 8.31. The first kappa shape index (κ1) is 10.4. The van der Waals surface area contributed by atoms with Crippen LogP contribution in [-0.2, 0) is 9.59 Å². The Morgan fingerprint density at radius 3 is 2.38 bits per heavy atom. The van der Waals surface area contributed by atoms with Crippen LogP contribution >= 0.6 is 0 Å². The molecule has 1 saturated heterocycles. The van der Waals surface area contributed by atoms with Crippen LogP contribution in [0, 0.1) is 0 Å². The van der Waals surface area contributed by atoms with Gasteiger partial charge < -0.3 is 10.5 Å². The average molecular weight is 221 g/mol. The van der Waals surface area contributed by atoms with Gasteiger partial charge in [0.15, 0.2) is 6.04 Å². The quantitative estimate of drug-likeness (QED) is 0.653. The third kappa shape index (κ3) is 1.59. The van der Waals surface area contributed by atoms with E-state index in [1.54, 1.807) is 31.4 Å². The van der Waals surface area contributed by atoms with Crippen molar-refractivity contribution >= 4 is 17.5 Å². The Morgan fingerprint density at radius 2 is 1.94 bits per heavy atom. The van der Waals surface area contributed by atoms with Crippen molar-refractivity contribution in [2.24, 2.45) is 5.73 Å². The second-order valence-electron chi connectivity index (χ2n) is 3.33. The van der Waals surface area contributed by atoms with Gasteiger partial charge in [-0.25, -0.2) is 5.01 Å². The molecule has 0 radical (unpaired) electrons. The fourth-order valence-corrected chi connectivity index (χ4v) is 1.41. The summed E-state index contributed by atoms with van der Waals surface area (Å²) in [6.07, 6.45) is 0. The fourth-order valence-electron chi connectivity index (χ4n) is 1.41. The molecule has 0 saturated carbocycles. The van der Waals surface area contributed by atoms with Gasteiger partial charge in [-0.3, -0.25) is 15.0 Å². The second-order valence-corrected chi connectivity index (χ2v) is 3.33. The van der Waals surface area contributed by atoms with Crippen LogP contribution in [-0.4, -0.2) is 25.0 Å². The molecule has 16 heavy (non-hydrogen) atoms. The number of nitrogens with one attached hydrogen (secondary N) is 1. The molecular formula is C10H11N3O3. The average Bonchev–Trinajstić information content (AvgIpc) is 2.57. The minimum atomic E-state index is -1.12. The largest absolute Gasteiger partial charge is 0.497 e. The molecule has 6 heteroatoms. The first-order valence-corrected chi connectivity index (χ1v) is 4.67. The van der Waals surface area contributed by atoms with Crippen LogP contribution in [0.25, 0.3) is 0 Å². The highest BCUT2D eigenvalue weighted by Crippen LogP contribution is 2.20. The predicted molar refractivity (Wildman–Crippen MR) is 56.6 cm³/mol. The van der Waals surface area contributed by atoms with Gasteiger partial charge in [-0.1, -0.05) is 0 Å². The molecule has 1 aromatic rings. The van der Waals surface area contributed by atoms with Crippen LogP contribution in [0.2, 0.25) is 0 Å². The second kappa shape index (κ2) is 3.82. The van der Waals surface area contributed by atoms with E-state index in [-0.39, 0.29) is 0 Å². The Kier molecular flexibility index (Phi) is 2.49. The Labute approximate surface area is 91.9 Å². The van der Waals surface area contributed by atoms with E-state index >= 15 is 0 Å². The van der Waals surface area contributed by atoms with Gasteiger partial charge in [0, 0.05) is 0 Å². The van der Waals surface area contributed by atoms with Crippen molar-refractivity contribution in [1.82, 2.24) is 5.43 Å². The standard InChI is InChI=1S/C10H11N3O3/c1-16-7-4-2-6(3-5-7)13-10(15)8(11)9(14)12-13/h2-5,8H,11H2,1H3,(H,12,14). The number of methoxy groups -OCH3 is 1. The summed E-state index contributed by atoms with van der Waals surface area (Å²) in [5.74, 6) is -0.290. The number of nitrogens with zero attached hydrogens (tertiary/aromatic N) is 1. The number of anilines is 1. The lowest BCUT2D eigenvalue weighted by atomic mass is 10.2. The van der Waals surface area contributed by atoms with Crippen molar-refractivity contribution in [3.63, 3.8) is 0 Å². The summed E-state index contributed by atoms with van der Waals surface area (Å²) in [4.78, 5) is 22.7. The van der Waals surface area contributed by atoms with Gasteiger partial charge >= 0.3 is 0 Å². The first-order chi connectivity index (χ1) is 7.63. The van der Waals surface area contributed by atoms with Gasteiger partial charge in [-0.2, -0.15) is 0 Å². The first-order valence-electron chi connectivity index (χ1n) is 4.67. The number of hydrazine groups is 1. The van der Waals surface area contributed by atoms with Crippen molar-refractivity contribution in [2.45, 2.75) is 6.04 Å². The molecule has 1 aliphatic rings. The molecule has 0 bridgehead atoms. The number of benzene rings is 1. The Hall–Kier alpha value is -2.08. The summed E-state index contributed by atoms with van der Waals surface area (Å²) >= 11 is 0. The smallest absolute Gasteiger partial charge is 0.272 e. The zero-order valence-corrected chi connectivity index (χ0v) is 8.64. The molecule has 84 valence electrons. The normalized spacial score (nSPS) is 19.9. The fraction of sp³-hybridized carbons (Fsp3) is 0.200. The number of rotatable bonds is 2. The summed E-state index contributed by atoms with van der Waals surface area (Å²) in [6, 6.07) is 5.59. The maximum atomic E-state index is 11.6. The lowest BCUT2D eigenvalue weighted by Gasteiger charge is -2.15. The number of hydrogen-bond acceptors (Lipinski definition) is 4. The maximum absolute atomic E-state index is 11.6. The monoisotopic (exact) mass is 221 g/mol. The minimum Gasteiger partial charge on any atom is -0.497 e. The molecular weight excluding hydrogens is 210 g/mol. The molecule has 0 spiro atoms. The van der Waals surface area contributed by atoms with Crippen LogP contribution in [0.15, 0.2) is 24.3 Å². The SMILES string of the molecule is COc1ccc(N2NC(=O)C(N)C2=O)cc1. The lowest BCUT2D eigenvalue weighted by Crippen LogP contribution is -2.36. The van der Waals surface area contributed by atoms with Crippen molar-refractivity contribution in [1.29, 1.82) is 0 Å². The Morgan fingerprint density at radius 1 is 1.31 bits per heavy atom. The highest BCUT2D eigenvalue weighted by atomic mass is 16.5. The molecule has 0 aromatic heterocycles. The number of hydrogen-bond donors (Lipinski definition) is 2. The van der Waals surface area contributed by atoms with E-state index in [9.17, 15) is 9.59 Å². The minimum absolute atomic E-state index is 0.463. The summed E-state index contributed by atoms with van der Waals surface area (Å²) in [5, 5.41) is 1.13. The third-order valence-electron chi connectivity index (χ3n) is 2.32. The molecule has 2 rings (SSSR count). The van der Waals surface area contributed by atoms with E-state index in [1.165, 1.54) is 0 Å². The number of amides is 2. The topological polar surface area (TPSA) is 84.7 Å². The lowest BCUT2D eigenvalue weighted by molar-refractivity contribution is -0.123. The van der Waals surface area contributed by atoms with Crippen LogP contribution in [0.4, 0.5) is 5.69 Å². The molecule has 1 unspecified atom stereocenters. The molecule has 1 heterocycles. The van der Waals surface area contributed by atoms with E-state index in [1.807, 2.05) is 0 Å². The van der Waals surface area contributed by atoms with Gasteiger partial charge in [0.25, 0.3) is 11.8 Å². The van der Waals surface area contributed by atoms with Gasteiger partial charge in [0.1, 0.15) is 5.75 Å². The molecule has 6 nitrogen and oxygen atoms in total. The van der Waals surface area contributed by atoms with Gasteiger partial charge in [0.2, 0.25) is 0 Å². The number of nitrogens with two attached hydrogens (primary N) is 1. The zero-order chi connectivity index (χ0) is 11.7. The summed E-state index contributed by atoms with van der Waals surface area (Å²) in [7, 11) is 1.55. The molecule has 1 aliphatic heterocycles.